The van der Waals surface area contributed by atoms with Crippen molar-refractivity contribution in [1.29, 1.82) is 0 Å². The Labute approximate surface area is 192 Å². The van der Waals surface area contributed by atoms with Gasteiger partial charge in [-0.15, -0.1) is 0 Å². The zero-order valence-electron chi connectivity index (χ0n) is 20.8. The second-order valence-electron chi connectivity index (χ2n) is 13.4. The Balaban J connectivity index is 1.49. The van der Waals surface area contributed by atoms with Crippen LogP contribution in [0.1, 0.15) is 105 Å². The van der Waals surface area contributed by atoms with Gasteiger partial charge in [-0.25, -0.2) is 0 Å². The van der Waals surface area contributed by atoms with Gasteiger partial charge >= 0.3 is 6.18 Å². The Morgan fingerprint density at radius 2 is 1.56 bits per heavy atom. The molecule has 0 amide bonds. The predicted molar refractivity (Wildman–Crippen MR) is 121 cm³/mol. The molecule has 186 valence electrons. The molecule has 4 aliphatic carbocycles. The third-order valence-corrected chi connectivity index (χ3v) is 11.2. The van der Waals surface area contributed by atoms with E-state index in [1.165, 1.54) is 19.3 Å². The first-order valence-electron chi connectivity index (χ1n) is 13.1. The van der Waals surface area contributed by atoms with Crippen molar-refractivity contribution in [2.24, 2.45) is 46.3 Å². The first-order chi connectivity index (χ1) is 14.6. The van der Waals surface area contributed by atoms with Gasteiger partial charge in [0.25, 0.3) is 0 Å². The van der Waals surface area contributed by atoms with Crippen LogP contribution in [0.5, 0.6) is 0 Å². The average Bonchev–Trinajstić information content (AvgIpc) is 3.02. The summed E-state index contributed by atoms with van der Waals surface area (Å²) >= 11 is 0. The molecular formula is C27H45F3O2. The lowest BCUT2D eigenvalue weighted by molar-refractivity contribution is -0.290. The molecule has 0 aromatic rings. The monoisotopic (exact) mass is 458 g/mol. The highest BCUT2D eigenvalue weighted by Crippen LogP contribution is 2.69. The maximum Gasteiger partial charge on any atom is 0.417 e. The second kappa shape index (κ2) is 7.86. The molecule has 32 heavy (non-hydrogen) atoms. The molecular weight excluding hydrogens is 413 g/mol. The van der Waals surface area contributed by atoms with Gasteiger partial charge in [-0.1, -0.05) is 20.8 Å². The summed E-state index contributed by atoms with van der Waals surface area (Å²) in [6.45, 7) is 10.9. The lowest BCUT2D eigenvalue weighted by Crippen LogP contribution is -2.59. The van der Waals surface area contributed by atoms with Gasteiger partial charge in [0.1, 0.15) is 0 Å². The van der Waals surface area contributed by atoms with Crippen molar-refractivity contribution < 1.29 is 23.4 Å². The molecule has 0 aromatic heterocycles. The maximum atomic E-state index is 13.6. The predicted octanol–water partition coefficient (Wildman–Crippen LogP) is 7.13. The lowest BCUT2D eigenvalue weighted by Gasteiger charge is -2.62. The fourth-order valence-corrected chi connectivity index (χ4v) is 9.26. The third kappa shape index (κ3) is 3.95. The van der Waals surface area contributed by atoms with Gasteiger partial charge in [-0.05, 0) is 131 Å². The average molecular weight is 459 g/mol. The molecule has 4 fully saturated rings. The van der Waals surface area contributed by atoms with E-state index in [-0.39, 0.29) is 24.2 Å². The van der Waals surface area contributed by atoms with Crippen LogP contribution in [-0.2, 0) is 0 Å². The van der Waals surface area contributed by atoms with E-state index >= 15 is 0 Å². The van der Waals surface area contributed by atoms with Gasteiger partial charge < -0.3 is 10.2 Å². The Morgan fingerprint density at radius 1 is 0.906 bits per heavy atom. The van der Waals surface area contributed by atoms with Crippen molar-refractivity contribution >= 4 is 0 Å². The molecule has 4 aliphatic rings. The molecule has 0 saturated heterocycles. The number of alkyl halides is 3. The summed E-state index contributed by atoms with van der Waals surface area (Å²) in [6, 6.07) is 0. The molecule has 2 nitrogen and oxygen atoms in total. The summed E-state index contributed by atoms with van der Waals surface area (Å²) in [6.07, 6.45) is 4.32. The summed E-state index contributed by atoms with van der Waals surface area (Å²) in [7, 11) is 0. The molecule has 4 saturated carbocycles. The fraction of sp³-hybridized carbons (Fsp3) is 1.00. The van der Waals surface area contributed by atoms with Crippen molar-refractivity contribution in [3.05, 3.63) is 0 Å². The van der Waals surface area contributed by atoms with Gasteiger partial charge in [0.05, 0.1) is 5.60 Å². The van der Waals surface area contributed by atoms with Crippen LogP contribution in [0.4, 0.5) is 13.2 Å². The van der Waals surface area contributed by atoms with Crippen LogP contribution in [0.3, 0.4) is 0 Å². The Hall–Kier alpha value is -0.290. The molecule has 0 bridgehead atoms. The van der Waals surface area contributed by atoms with Crippen molar-refractivity contribution in [2.45, 2.75) is 123 Å². The maximum absolute atomic E-state index is 13.6. The molecule has 9 unspecified atom stereocenters. The number of rotatable bonds is 4. The molecule has 0 spiro atoms. The highest BCUT2D eigenvalue weighted by Gasteiger charge is 2.65. The van der Waals surface area contributed by atoms with Gasteiger partial charge in [-0.2, -0.15) is 13.2 Å². The minimum Gasteiger partial charge on any atom is -0.390 e. The van der Waals surface area contributed by atoms with Gasteiger partial charge in [0.15, 0.2) is 5.60 Å². The van der Waals surface area contributed by atoms with E-state index in [2.05, 4.69) is 20.8 Å². The minimum absolute atomic E-state index is 0.0172. The van der Waals surface area contributed by atoms with Crippen LogP contribution in [0.15, 0.2) is 0 Å². The number of hydrogen-bond acceptors (Lipinski definition) is 2. The summed E-state index contributed by atoms with van der Waals surface area (Å²) < 4.78 is 40.7. The van der Waals surface area contributed by atoms with E-state index in [9.17, 15) is 23.4 Å². The molecule has 0 aromatic carbocycles. The van der Waals surface area contributed by atoms with Crippen molar-refractivity contribution in [3.63, 3.8) is 0 Å². The summed E-state index contributed by atoms with van der Waals surface area (Å²) in [5.41, 5.74) is -2.84. The highest BCUT2D eigenvalue weighted by atomic mass is 19.4. The van der Waals surface area contributed by atoms with E-state index in [0.717, 1.165) is 32.1 Å². The van der Waals surface area contributed by atoms with Crippen LogP contribution >= 0.6 is 0 Å². The van der Waals surface area contributed by atoms with Crippen molar-refractivity contribution in [1.82, 2.24) is 0 Å². The van der Waals surface area contributed by atoms with E-state index in [0.29, 0.717) is 41.4 Å². The standard InChI is InChI=1S/C27H45F3O2/c1-17(10-12-23(2,3)31)20-8-9-21-19-7-6-18-16-26(32,27(28,29)30)15-14-24(18,4)22(19)11-13-25(20,21)5/h17-22,31-32H,6-16H2,1-5H3. The number of halogens is 3. The van der Waals surface area contributed by atoms with Crippen molar-refractivity contribution in [3.8, 4) is 0 Å². The van der Waals surface area contributed by atoms with Gasteiger partial charge in [0, 0.05) is 0 Å². The largest absolute Gasteiger partial charge is 0.417 e. The fourth-order valence-electron chi connectivity index (χ4n) is 9.26. The van der Waals surface area contributed by atoms with Crippen LogP contribution in [0.25, 0.3) is 0 Å². The lowest BCUT2D eigenvalue weighted by atomic mass is 9.43. The SMILES string of the molecule is CC(CCC(C)(C)O)C1CCC2C3CCC4CC(O)(C(F)(F)F)CCC4(C)C3CCC12C. The van der Waals surface area contributed by atoms with Crippen LogP contribution in [-0.4, -0.2) is 27.6 Å². The second-order valence-corrected chi connectivity index (χ2v) is 13.4. The van der Waals surface area contributed by atoms with Crippen LogP contribution in [0, 0.1) is 46.3 Å². The Kier molecular flexibility index (Phi) is 6.10. The van der Waals surface area contributed by atoms with E-state index in [4.69, 9.17) is 0 Å². The summed E-state index contributed by atoms with van der Waals surface area (Å²) in [5, 5.41) is 20.6. The first kappa shape index (κ1) is 24.8. The zero-order chi connectivity index (χ0) is 23.7. The van der Waals surface area contributed by atoms with Crippen LogP contribution in [0.2, 0.25) is 0 Å². The molecule has 4 rings (SSSR count). The third-order valence-electron chi connectivity index (χ3n) is 11.2. The summed E-state index contributed by atoms with van der Waals surface area (Å²) in [4.78, 5) is 0. The molecule has 2 N–H and O–H groups in total. The molecule has 0 aliphatic heterocycles. The Morgan fingerprint density at radius 3 is 2.19 bits per heavy atom. The van der Waals surface area contributed by atoms with Crippen LogP contribution < -0.4 is 0 Å². The minimum atomic E-state index is -4.52. The molecule has 9 atom stereocenters. The molecule has 0 radical (unpaired) electrons. The zero-order valence-corrected chi connectivity index (χ0v) is 20.8. The smallest absolute Gasteiger partial charge is 0.390 e. The normalized spacial score (nSPS) is 48.0. The summed E-state index contributed by atoms with van der Waals surface area (Å²) in [5.74, 6) is 3.06. The quantitative estimate of drug-likeness (QED) is 0.471. The first-order valence-corrected chi connectivity index (χ1v) is 13.1. The number of aliphatic hydroxyl groups is 2. The molecule has 0 heterocycles. The Bertz CT molecular complexity index is 700. The number of hydrogen-bond donors (Lipinski definition) is 2. The highest BCUT2D eigenvalue weighted by molar-refractivity contribution is 5.11. The topological polar surface area (TPSA) is 40.5 Å². The molecule has 5 heteroatoms. The van der Waals surface area contributed by atoms with E-state index in [1.807, 2.05) is 13.8 Å². The van der Waals surface area contributed by atoms with E-state index in [1.54, 1.807) is 0 Å². The van der Waals surface area contributed by atoms with Gasteiger partial charge in [-0.3, -0.25) is 0 Å². The van der Waals surface area contributed by atoms with Crippen molar-refractivity contribution in [2.75, 3.05) is 0 Å². The van der Waals surface area contributed by atoms with E-state index < -0.39 is 17.4 Å². The van der Waals surface area contributed by atoms with Gasteiger partial charge in [0.2, 0.25) is 0 Å². The number of fused-ring (bicyclic) bond motifs is 5.